The summed E-state index contributed by atoms with van der Waals surface area (Å²) in [6.45, 7) is 6.15. The zero-order valence-electron chi connectivity index (χ0n) is 20.1. The molecule has 2 aliphatic carbocycles. The average Bonchev–Trinajstić information content (AvgIpc) is 3.29. The molecule has 0 aliphatic heterocycles. The first-order chi connectivity index (χ1) is 16.1. The van der Waals surface area contributed by atoms with E-state index in [-0.39, 0.29) is 17.3 Å². The molecule has 0 amide bonds. The number of aryl methyl sites for hydroxylation is 1. The number of esters is 1. The molecule has 2 unspecified atom stereocenters. The van der Waals surface area contributed by atoms with Crippen LogP contribution in [-0.4, -0.2) is 20.2 Å². The first-order valence-electron chi connectivity index (χ1n) is 11.7. The number of ether oxygens (including phenoxy) is 3. The maximum atomic E-state index is 12.3. The summed E-state index contributed by atoms with van der Waals surface area (Å²) in [5, 5.41) is 0. The molecule has 4 nitrogen and oxygen atoms in total. The third-order valence-corrected chi connectivity index (χ3v) is 7.10. The van der Waals surface area contributed by atoms with Crippen molar-refractivity contribution in [2.45, 2.75) is 39.0 Å². The Balaban J connectivity index is 0.00000126. The minimum atomic E-state index is -0.0974. The molecule has 0 aromatic heterocycles. The molecule has 0 heterocycles. The standard InChI is InChI=1S/C27H26O4.C2H6/c1-17-25(26(28)30-3)27(17)14-13-19-9-12-23(16-24(19)27)31-21-10-7-18(8-11-21)20-5-4-6-22(15-20)29-2;1-2/h4-12,15-17,25H,13-14H2,1-3H3;1-2H3/t17-,25?,27?;/m0./s1. The predicted octanol–water partition coefficient (Wildman–Crippen LogP) is 6.80. The maximum absolute atomic E-state index is 12.3. The Kier molecular flexibility index (Phi) is 6.46. The van der Waals surface area contributed by atoms with Gasteiger partial charge in [0.15, 0.2) is 0 Å². The van der Waals surface area contributed by atoms with Crippen molar-refractivity contribution in [2.24, 2.45) is 11.8 Å². The topological polar surface area (TPSA) is 44.8 Å². The Morgan fingerprint density at radius 3 is 2.30 bits per heavy atom. The van der Waals surface area contributed by atoms with E-state index >= 15 is 0 Å². The number of fused-ring (bicyclic) bond motifs is 2. The zero-order valence-corrected chi connectivity index (χ0v) is 20.1. The lowest BCUT2D eigenvalue weighted by atomic mass is 9.93. The fourth-order valence-electron chi connectivity index (χ4n) is 5.37. The van der Waals surface area contributed by atoms with Crippen LogP contribution in [0.3, 0.4) is 0 Å². The van der Waals surface area contributed by atoms with Crippen molar-refractivity contribution < 1.29 is 19.0 Å². The molecule has 0 bridgehead atoms. The van der Waals surface area contributed by atoms with E-state index in [1.807, 2.05) is 50.2 Å². The van der Waals surface area contributed by atoms with Gasteiger partial charge >= 0.3 is 5.97 Å². The maximum Gasteiger partial charge on any atom is 0.309 e. The van der Waals surface area contributed by atoms with E-state index in [0.29, 0.717) is 5.92 Å². The van der Waals surface area contributed by atoms with Crippen LogP contribution in [-0.2, 0) is 21.4 Å². The highest BCUT2D eigenvalue weighted by Crippen LogP contribution is 2.66. The number of hydrogen-bond donors (Lipinski definition) is 0. The molecule has 1 spiro atoms. The molecule has 33 heavy (non-hydrogen) atoms. The van der Waals surface area contributed by atoms with Crippen LogP contribution in [0.4, 0.5) is 0 Å². The highest BCUT2D eigenvalue weighted by atomic mass is 16.5. The third kappa shape index (κ3) is 3.99. The van der Waals surface area contributed by atoms with Gasteiger partial charge in [-0.1, -0.05) is 51.1 Å². The van der Waals surface area contributed by atoms with Crippen molar-refractivity contribution in [1.29, 1.82) is 0 Å². The van der Waals surface area contributed by atoms with E-state index in [1.165, 1.54) is 18.2 Å². The van der Waals surface area contributed by atoms with Crippen molar-refractivity contribution >= 4 is 5.97 Å². The molecule has 2 aliphatic rings. The SMILES string of the molecule is CC.COC(=O)C1[C@H](C)C12CCc1ccc(Oc3ccc(-c4cccc(OC)c4)cc3)cc12. The first-order valence-corrected chi connectivity index (χ1v) is 11.7. The number of benzene rings is 3. The number of rotatable bonds is 5. The highest BCUT2D eigenvalue weighted by molar-refractivity contribution is 5.81. The van der Waals surface area contributed by atoms with Crippen LogP contribution in [0.5, 0.6) is 17.2 Å². The third-order valence-electron chi connectivity index (χ3n) is 7.10. The second kappa shape index (κ2) is 9.30. The van der Waals surface area contributed by atoms with Crippen LogP contribution >= 0.6 is 0 Å². The van der Waals surface area contributed by atoms with Gasteiger partial charge in [0.25, 0.3) is 0 Å². The van der Waals surface area contributed by atoms with Gasteiger partial charge in [-0.15, -0.1) is 0 Å². The van der Waals surface area contributed by atoms with Gasteiger partial charge in [0.1, 0.15) is 17.2 Å². The van der Waals surface area contributed by atoms with Gasteiger partial charge < -0.3 is 14.2 Å². The summed E-state index contributed by atoms with van der Waals surface area (Å²) in [5.41, 5.74) is 4.69. The summed E-state index contributed by atoms with van der Waals surface area (Å²) in [6.07, 6.45) is 2.00. The van der Waals surface area contributed by atoms with Crippen LogP contribution in [0.2, 0.25) is 0 Å². The average molecular weight is 445 g/mol. The summed E-state index contributed by atoms with van der Waals surface area (Å²) in [6, 6.07) is 22.4. The molecule has 3 aromatic carbocycles. The second-order valence-corrected chi connectivity index (χ2v) is 8.51. The van der Waals surface area contributed by atoms with Gasteiger partial charge in [-0.25, -0.2) is 0 Å². The molecule has 4 heteroatoms. The second-order valence-electron chi connectivity index (χ2n) is 8.51. The van der Waals surface area contributed by atoms with Crippen molar-refractivity contribution in [2.75, 3.05) is 14.2 Å². The number of methoxy groups -OCH3 is 2. The van der Waals surface area contributed by atoms with Gasteiger partial charge in [-0.05, 0) is 77.4 Å². The van der Waals surface area contributed by atoms with Crippen LogP contribution in [0.25, 0.3) is 11.1 Å². The molecule has 1 saturated carbocycles. The van der Waals surface area contributed by atoms with Gasteiger partial charge in [-0.2, -0.15) is 0 Å². The minimum absolute atomic E-state index is 0.0452. The fraction of sp³-hybridized carbons (Fsp3) is 0.345. The number of hydrogen-bond acceptors (Lipinski definition) is 4. The Labute approximate surface area is 196 Å². The normalized spacial score (nSPS) is 22.1. The van der Waals surface area contributed by atoms with Crippen molar-refractivity contribution in [3.63, 3.8) is 0 Å². The molecule has 5 rings (SSSR count). The summed E-state index contributed by atoms with van der Waals surface area (Å²) < 4.78 is 16.6. The zero-order chi connectivity index (χ0) is 23.6. The van der Waals surface area contributed by atoms with Gasteiger partial charge in [0.05, 0.1) is 20.1 Å². The Hall–Kier alpha value is -3.27. The summed E-state index contributed by atoms with van der Waals surface area (Å²) >= 11 is 0. The highest BCUT2D eigenvalue weighted by Gasteiger charge is 2.68. The quantitative estimate of drug-likeness (QED) is 0.406. The van der Waals surface area contributed by atoms with Crippen molar-refractivity contribution in [1.82, 2.24) is 0 Å². The monoisotopic (exact) mass is 444 g/mol. The van der Waals surface area contributed by atoms with Crippen molar-refractivity contribution in [3.8, 4) is 28.4 Å². The van der Waals surface area contributed by atoms with Crippen LogP contribution < -0.4 is 9.47 Å². The molecular weight excluding hydrogens is 412 g/mol. The summed E-state index contributed by atoms with van der Waals surface area (Å²) in [5.74, 6) is 2.59. The molecule has 3 atom stereocenters. The van der Waals surface area contributed by atoms with Crippen LogP contribution in [0, 0.1) is 11.8 Å². The largest absolute Gasteiger partial charge is 0.497 e. The van der Waals surface area contributed by atoms with E-state index in [1.54, 1.807) is 7.11 Å². The van der Waals surface area contributed by atoms with Gasteiger partial charge in [0, 0.05) is 5.41 Å². The number of carbonyl (C=O) groups is 1. The summed E-state index contributed by atoms with van der Waals surface area (Å²) in [4.78, 5) is 12.3. The lowest BCUT2D eigenvalue weighted by Crippen LogP contribution is -2.13. The van der Waals surface area contributed by atoms with Crippen molar-refractivity contribution in [3.05, 3.63) is 77.9 Å². The number of carbonyl (C=O) groups excluding carboxylic acids is 1. The van der Waals surface area contributed by atoms with E-state index in [4.69, 9.17) is 14.2 Å². The molecule has 172 valence electrons. The molecular formula is C29H32O4. The van der Waals surface area contributed by atoms with Gasteiger partial charge in [-0.3, -0.25) is 4.79 Å². The smallest absolute Gasteiger partial charge is 0.309 e. The molecule has 3 aromatic rings. The Morgan fingerprint density at radius 2 is 1.61 bits per heavy atom. The van der Waals surface area contributed by atoms with E-state index in [2.05, 4.69) is 37.3 Å². The van der Waals surface area contributed by atoms with E-state index in [0.717, 1.165) is 41.2 Å². The van der Waals surface area contributed by atoms with Crippen LogP contribution in [0.15, 0.2) is 66.7 Å². The Morgan fingerprint density at radius 1 is 0.879 bits per heavy atom. The molecule has 1 fully saturated rings. The Bertz CT molecular complexity index is 1130. The van der Waals surface area contributed by atoms with E-state index in [9.17, 15) is 4.79 Å². The predicted molar refractivity (Wildman–Crippen MR) is 131 cm³/mol. The van der Waals surface area contributed by atoms with Crippen LogP contribution in [0.1, 0.15) is 38.3 Å². The summed E-state index contributed by atoms with van der Waals surface area (Å²) in [7, 11) is 3.15. The fourth-order valence-corrected chi connectivity index (χ4v) is 5.37. The molecule has 0 radical (unpaired) electrons. The lowest BCUT2D eigenvalue weighted by molar-refractivity contribution is -0.142. The lowest BCUT2D eigenvalue weighted by Gasteiger charge is -2.14. The molecule has 0 N–H and O–H groups in total. The molecule has 0 saturated heterocycles. The van der Waals surface area contributed by atoms with E-state index < -0.39 is 0 Å². The van der Waals surface area contributed by atoms with Gasteiger partial charge in [0.2, 0.25) is 0 Å². The first kappa shape index (κ1) is 22.9. The minimum Gasteiger partial charge on any atom is -0.497 e.